The second kappa shape index (κ2) is 8.81. The molecule has 5 nitrogen and oxygen atoms in total. The SMILES string of the molecule is CCCOc1c(Cl)cc(/C=C(/C#N)c2nc3ccc(C)cc3[nH]2)cc1OCC. The molecular weight excluding hydrogens is 374 g/mol. The summed E-state index contributed by atoms with van der Waals surface area (Å²) in [6, 6.07) is 11.7. The number of rotatable bonds is 7. The molecule has 0 atom stereocenters. The number of ether oxygens (including phenoxy) is 2. The van der Waals surface area contributed by atoms with Crippen molar-refractivity contribution < 1.29 is 9.47 Å². The van der Waals surface area contributed by atoms with Crippen molar-refractivity contribution in [2.75, 3.05) is 13.2 Å². The molecule has 1 heterocycles. The summed E-state index contributed by atoms with van der Waals surface area (Å²) in [5, 5.41) is 10.1. The molecule has 0 aliphatic rings. The van der Waals surface area contributed by atoms with E-state index in [9.17, 15) is 5.26 Å². The topological polar surface area (TPSA) is 70.9 Å². The summed E-state index contributed by atoms with van der Waals surface area (Å²) in [5.41, 5.74) is 3.99. The number of aryl methyl sites for hydroxylation is 1. The molecule has 3 aromatic rings. The molecule has 6 heteroatoms. The molecule has 0 radical (unpaired) electrons. The number of allylic oxidation sites excluding steroid dienone is 1. The number of benzene rings is 2. The van der Waals surface area contributed by atoms with Gasteiger partial charge in [-0.2, -0.15) is 5.26 Å². The summed E-state index contributed by atoms with van der Waals surface area (Å²) in [6.45, 7) is 6.98. The van der Waals surface area contributed by atoms with Gasteiger partial charge >= 0.3 is 0 Å². The fourth-order valence-corrected chi connectivity index (χ4v) is 3.12. The highest BCUT2D eigenvalue weighted by atomic mass is 35.5. The minimum absolute atomic E-state index is 0.412. The Morgan fingerprint density at radius 3 is 2.79 bits per heavy atom. The summed E-state index contributed by atoms with van der Waals surface area (Å²) in [7, 11) is 0. The van der Waals surface area contributed by atoms with Gasteiger partial charge < -0.3 is 14.5 Å². The van der Waals surface area contributed by atoms with Crippen molar-refractivity contribution in [3.05, 3.63) is 52.3 Å². The Hall–Kier alpha value is -2.97. The number of aromatic nitrogens is 2. The van der Waals surface area contributed by atoms with Gasteiger partial charge in [0.1, 0.15) is 11.9 Å². The van der Waals surface area contributed by atoms with Crippen LogP contribution < -0.4 is 9.47 Å². The maximum absolute atomic E-state index is 9.67. The number of aromatic amines is 1. The van der Waals surface area contributed by atoms with Crippen molar-refractivity contribution >= 4 is 34.3 Å². The number of nitriles is 1. The third-order valence-corrected chi connectivity index (χ3v) is 4.39. The van der Waals surface area contributed by atoms with E-state index < -0.39 is 0 Å². The van der Waals surface area contributed by atoms with Crippen molar-refractivity contribution in [2.45, 2.75) is 27.2 Å². The lowest BCUT2D eigenvalue weighted by atomic mass is 10.1. The first-order valence-electron chi connectivity index (χ1n) is 9.23. The summed E-state index contributed by atoms with van der Waals surface area (Å²) >= 11 is 6.42. The molecule has 0 unspecified atom stereocenters. The molecule has 2 aromatic carbocycles. The first-order chi connectivity index (χ1) is 13.5. The number of halogens is 1. The monoisotopic (exact) mass is 395 g/mol. The Labute approximate surface area is 169 Å². The molecule has 0 aliphatic heterocycles. The second-order valence-electron chi connectivity index (χ2n) is 6.39. The fourth-order valence-electron chi connectivity index (χ4n) is 2.85. The minimum Gasteiger partial charge on any atom is -0.490 e. The van der Waals surface area contributed by atoms with E-state index in [1.54, 1.807) is 12.1 Å². The summed E-state index contributed by atoms with van der Waals surface area (Å²) < 4.78 is 11.4. The van der Waals surface area contributed by atoms with E-state index in [4.69, 9.17) is 21.1 Å². The molecule has 0 saturated carbocycles. The quantitative estimate of drug-likeness (QED) is 0.515. The summed E-state index contributed by atoms with van der Waals surface area (Å²) in [5.74, 6) is 1.61. The Morgan fingerprint density at radius 2 is 2.07 bits per heavy atom. The van der Waals surface area contributed by atoms with E-state index in [0.29, 0.717) is 41.1 Å². The molecule has 1 aromatic heterocycles. The molecule has 3 rings (SSSR count). The summed E-state index contributed by atoms with van der Waals surface area (Å²) in [6.07, 6.45) is 2.61. The predicted molar refractivity (Wildman–Crippen MR) is 113 cm³/mol. The Bertz CT molecular complexity index is 1060. The second-order valence-corrected chi connectivity index (χ2v) is 6.79. The average Bonchev–Trinajstić information content (AvgIpc) is 3.08. The van der Waals surface area contributed by atoms with E-state index in [0.717, 1.165) is 28.6 Å². The van der Waals surface area contributed by atoms with Crippen molar-refractivity contribution in [3.8, 4) is 17.6 Å². The number of H-pyrrole nitrogens is 1. The van der Waals surface area contributed by atoms with E-state index >= 15 is 0 Å². The van der Waals surface area contributed by atoms with E-state index in [1.165, 1.54) is 0 Å². The minimum atomic E-state index is 0.412. The van der Waals surface area contributed by atoms with Crippen molar-refractivity contribution in [2.24, 2.45) is 0 Å². The van der Waals surface area contributed by atoms with Gasteiger partial charge in [-0.05, 0) is 61.7 Å². The van der Waals surface area contributed by atoms with Gasteiger partial charge in [-0.25, -0.2) is 4.98 Å². The Kier molecular flexibility index (Phi) is 6.23. The van der Waals surface area contributed by atoms with Crippen LogP contribution in [0.15, 0.2) is 30.3 Å². The molecule has 144 valence electrons. The first-order valence-corrected chi connectivity index (χ1v) is 9.61. The van der Waals surface area contributed by atoms with Gasteiger partial charge in [-0.3, -0.25) is 0 Å². The van der Waals surface area contributed by atoms with Gasteiger partial charge in [-0.15, -0.1) is 0 Å². The molecule has 1 N–H and O–H groups in total. The molecule has 0 bridgehead atoms. The molecule has 0 amide bonds. The van der Waals surface area contributed by atoms with Crippen LogP contribution in [0.3, 0.4) is 0 Å². The number of hydrogen-bond donors (Lipinski definition) is 1. The zero-order chi connectivity index (χ0) is 20.1. The number of nitrogens with one attached hydrogen (secondary N) is 1. The van der Waals surface area contributed by atoms with Gasteiger partial charge in [-0.1, -0.05) is 24.6 Å². The van der Waals surface area contributed by atoms with Gasteiger partial charge in [0.2, 0.25) is 0 Å². The van der Waals surface area contributed by atoms with Crippen LogP contribution >= 0.6 is 11.6 Å². The van der Waals surface area contributed by atoms with Crippen molar-refractivity contribution in [1.29, 1.82) is 5.26 Å². The maximum Gasteiger partial charge on any atom is 0.179 e. The zero-order valence-corrected chi connectivity index (χ0v) is 16.9. The van der Waals surface area contributed by atoms with E-state index in [1.807, 2.05) is 45.0 Å². The molecular formula is C22H22ClN3O2. The van der Waals surface area contributed by atoms with E-state index in [-0.39, 0.29) is 0 Å². The molecule has 0 saturated heterocycles. The van der Waals surface area contributed by atoms with Crippen LogP contribution in [0, 0.1) is 18.3 Å². The van der Waals surface area contributed by atoms with Crippen molar-refractivity contribution in [1.82, 2.24) is 9.97 Å². The predicted octanol–water partition coefficient (Wildman–Crippen LogP) is 5.78. The normalized spacial score (nSPS) is 11.5. The fraction of sp³-hybridized carbons (Fsp3) is 0.273. The van der Waals surface area contributed by atoms with Crippen LogP contribution in [0.4, 0.5) is 0 Å². The van der Waals surface area contributed by atoms with Gasteiger partial charge in [0.05, 0.1) is 34.8 Å². The van der Waals surface area contributed by atoms with Gasteiger partial charge in [0.15, 0.2) is 11.5 Å². The van der Waals surface area contributed by atoms with Crippen LogP contribution in [-0.4, -0.2) is 23.2 Å². The van der Waals surface area contributed by atoms with Gasteiger partial charge in [0.25, 0.3) is 0 Å². The Morgan fingerprint density at radius 1 is 1.25 bits per heavy atom. The molecule has 28 heavy (non-hydrogen) atoms. The van der Waals surface area contributed by atoms with Crippen LogP contribution in [0.25, 0.3) is 22.7 Å². The standard InChI is InChI=1S/C22H22ClN3O2/c1-4-8-28-21-17(23)11-15(12-20(21)27-5-2)10-16(13-24)22-25-18-7-6-14(3)9-19(18)26-22/h6-7,9-12H,4-5,8H2,1-3H3,(H,25,26)/b16-10-. The summed E-state index contributed by atoms with van der Waals surface area (Å²) in [4.78, 5) is 7.74. The largest absolute Gasteiger partial charge is 0.490 e. The van der Waals surface area contributed by atoms with Crippen molar-refractivity contribution in [3.63, 3.8) is 0 Å². The third-order valence-electron chi connectivity index (χ3n) is 4.11. The number of hydrogen-bond acceptors (Lipinski definition) is 4. The first kappa shape index (κ1) is 19.8. The highest BCUT2D eigenvalue weighted by Gasteiger charge is 2.14. The maximum atomic E-state index is 9.67. The highest BCUT2D eigenvalue weighted by Crippen LogP contribution is 2.37. The van der Waals surface area contributed by atoms with Crippen LogP contribution in [0.5, 0.6) is 11.5 Å². The molecule has 0 fully saturated rings. The third kappa shape index (κ3) is 4.29. The van der Waals surface area contributed by atoms with Crippen LogP contribution in [0.1, 0.15) is 37.2 Å². The Balaban J connectivity index is 2.02. The number of imidazole rings is 1. The smallest absolute Gasteiger partial charge is 0.179 e. The van der Waals surface area contributed by atoms with Crippen LogP contribution in [-0.2, 0) is 0 Å². The lowest BCUT2D eigenvalue weighted by Crippen LogP contribution is -2.01. The lowest BCUT2D eigenvalue weighted by molar-refractivity contribution is 0.277. The van der Waals surface area contributed by atoms with E-state index in [2.05, 4.69) is 16.0 Å². The average molecular weight is 396 g/mol. The molecule has 0 spiro atoms. The highest BCUT2D eigenvalue weighted by molar-refractivity contribution is 6.32. The zero-order valence-electron chi connectivity index (χ0n) is 16.2. The lowest BCUT2D eigenvalue weighted by Gasteiger charge is -2.14. The van der Waals surface area contributed by atoms with Gasteiger partial charge in [0, 0.05) is 0 Å². The van der Waals surface area contributed by atoms with Crippen LogP contribution in [0.2, 0.25) is 5.02 Å². The number of fused-ring (bicyclic) bond motifs is 1. The molecule has 0 aliphatic carbocycles. The number of nitrogens with zero attached hydrogens (tertiary/aromatic N) is 2.